The lowest BCUT2D eigenvalue weighted by atomic mass is 9.33. The van der Waals surface area contributed by atoms with Gasteiger partial charge < -0.3 is 9.80 Å². The summed E-state index contributed by atoms with van der Waals surface area (Å²) in [6.45, 7) is 6.78. The molecule has 0 amide bonds. The van der Waals surface area contributed by atoms with Gasteiger partial charge in [-0.3, -0.25) is 9.97 Å². The van der Waals surface area contributed by atoms with Crippen LogP contribution in [-0.2, 0) is 0 Å². The molecule has 0 N–H and O–H groups in total. The van der Waals surface area contributed by atoms with E-state index in [2.05, 4.69) is 174 Å². The van der Waals surface area contributed by atoms with E-state index >= 15 is 0 Å². The van der Waals surface area contributed by atoms with E-state index in [9.17, 15) is 0 Å². The summed E-state index contributed by atoms with van der Waals surface area (Å²) in [6.07, 6.45) is 7.58. The van der Waals surface area contributed by atoms with E-state index < -0.39 is 0 Å². The summed E-state index contributed by atoms with van der Waals surface area (Å²) >= 11 is 0. The fourth-order valence-corrected chi connectivity index (χ4v) is 9.54. The largest absolute Gasteiger partial charge is 0.307 e. The monoisotopic (exact) mass is 716 g/mol. The predicted octanol–water partition coefficient (Wildman–Crippen LogP) is 11.1. The Balaban J connectivity index is 1.27. The first-order chi connectivity index (χ1) is 27.5. The number of aryl methyl sites for hydroxylation is 3. The van der Waals surface area contributed by atoms with Crippen LogP contribution in [0.25, 0.3) is 43.8 Å². The molecule has 56 heavy (non-hydrogen) atoms. The number of nitrogens with zero attached hydrogens (tertiary/aromatic N) is 4. The second-order valence-corrected chi connectivity index (χ2v) is 15.3. The lowest BCUT2D eigenvalue weighted by Gasteiger charge is -2.46. The lowest BCUT2D eigenvalue weighted by molar-refractivity contribution is 1.18. The van der Waals surface area contributed by atoms with Gasteiger partial charge in [-0.05, 0) is 124 Å². The highest BCUT2D eigenvalue weighted by Gasteiger charge is 2.44. The molecule has 0 fully saturated rings. The maximum atomic E-state index is 4.52. The second-order valence-electron chi connectivity index (χ2n) is 15.3. The van der Waals surface area contributed by atoms with Gasteiger partial charge >= 0.3 is 0 Å². The minimum Gasteiger partial charge on any atom is -0.307 e. The maximum absolute atomic E-state index is 4.52. The Kier molecular flexibility index (Phi) is 7.27. The molecule has 7 aromatic carbocycles. The molecule has 0 saturated carbocycles. The number of aromatic nitrogens is 2. The number of hydrogen-bond acceptors (Lipinski definition) is 4. The van der Waals surface area contributed by atoms with Gasteiger partial charge in [-0.25, -0.2) is 0 Å². The second kappa shape index (κ2) is 12.5. The number of pyridine rings is 2. The van der Waals surface area contributed by atoms with Crippen LogP contribution < -0.4 is 26.2 Å². The Morgan fingerprint density at radius 2 is 1.04 bits per heavy atom. The SMILES string of the molecule is Cc1cc(C)c(B2c3cc(-c4cccnc4)ccc3N3c4cc5ccccc5cc4N(c4ccc(-c5cccnc5)cc4)c4cc5ccccc5c2c43)c(C)c1. The molecule has 0 aliphatic carbocycles. The third-order valence-corrected chi connectivity index (χ3v) is 11.8. The van der Waals surface area contributed by atoms with Crippen molar-refractivity contribution in [3.05, 3.63) is 187 Å². The van der Waals surface area contributed by atoms with Crippen LogP contribution in [0.1, 0.15) is 16.7 Å². The summed E-state index contributed by atoms with van der Waals surface area (Å²) < 4.78 is 0. The molecule has 11 rings (SSSR count). The Bertz CT molecular complexity index is 2990. The van der Waals surface area contributed by atoms with E-state index in [1.165, 1.54) is 77.2 Å². The smallest absolute Gasteiger partial charge is 0.248 e. The maximum Gasteiger partial charge on any atom is 0.248 e. The normalized spacial score (nSPS) is 12.8. The zero-order chi connectivity index (χ0) is 37.5. The standard InChI is InChI=1S/C51H37BN4/c1-32-24-33(2)49(34(3)25-32)52-44-26-38(41-14-9-23-54-31-41)18-21-45(44)56-47-28-37-11-5-4-10-36(37)27-46(47)55(42-19-16-35(17-20-42)40-13-8-22-53-30-40)48-29-39-12-6-7-15-43(39)50(52)51(48)56/h4-31H,1-3H3. The van der Waals surface area contributed by atoms with Crippen molar-refractivity contribution in [2.75, 3.05) is 9.80 Å². The van der Waals surface area contributed by atoms with Crippen molar-refractivity contribution in [3.8, 4) is 22.3 Å². The molecule has 0 radical (unpaired) electrons. The zero-order valence-corrected chi connectivity index (χ0v) is 31.5. The molecule has 264 valence electrons. The first-order valence-electron chi connectivity index (χ1n) is 19.3. The quantitative estimate of drug-likeness (QED) is 0.170. The number of benzene rings is 7. The third kappa shape index (κ3) is 4.94. The van der Waals surface area contributed by atoms with Gasteiger partial charge in [-0.1, -0.05) is 119 Å². The number of fused-ring (bicyclic) bond motifs is 7. The van der Waals surface area contributed by atoms with Gasteiger partial charge in [0.1, 0.15) is 0 Å². The van der Waals surface area contributed by atoms with E-state index in [0.29, 0.717) is 0 Å². The summed E-state index contributed by atoms with van der Waals surface area (Å²) in [7, 11) is 0. The molecule has 2 aliphatic rings. The van der Waals surface area contributed by atoms with Crippen molar-refractivity contribution in [1.29, 1.82) is 0 Å². The van der Waals surface area contributed by atoms with E-state index in [0.717, 1.165) is 33.8 Å². The third-order valence-electron chi connectivity index (χ3n) is 11.8. The van der Waals surface area contributed by atoms with Gasteiger partial charge in [-0.2, -0.15) is 0 Å². The topological polar surface area (TPSA) is 32.3 Å². The molecule has 9 aromatic rings. The highest BCUT2D eigenvalue weighted by molar-refractivity contribution is 7.00. The van der Waals surface area contributed by atoms with Gasteiger partial charge in [-0.15, -0.1) is 0 Å². The van der Waals surface area contributed by atoms with Gasteiger partial charge in [0.2, 0.25) is 6.71 Å². The van der Waals surface area contributed by atoms with Crippen LogP contribution in [0.5, 0.6) is 0 Å². The van der Waals surface area contributed by atoms with Crippen LogP contribution in [0.3, 0.4) is 0 Å². The highest BCUT2D eigenvalue weighted by atomic mass is 15.3. The molecule has 0 unspecified atom stereocenters. The van der Waals surface area contributed by atoms with E-state index in [1.54, 1.807) is 0 Å². The van der Waals surface area contributed by atoms with Gasteiger partial charge in [0.25, 0.3) is 0 Å². The van der Waals surface area contributed by atoms with Gasteiger partial charge in [0.15, 0.2) is 0 Å². The molecule has 0 spiro atoms. The van der Waals surface area contributed by atoms with Gasteiger partial charge in [0, 0.05) is 36.2 Å². The molecule has 4 nitrogen and oxygen atoms in total. The minimum absolute atomic E-state index is 0.0184. The Hall–Kier alpha value is -6.98. The fourth-order valence-electron chi connectivity index (χ4n) is 9.54. The molecule has 2 aliphatic heterocycles. The van der Waals surface area contributed by atoms with Crippen molar-refractivity contribution >= 4 is 78.8 Å². The summed E-state index contributed by atoms with van der Waals surface area (Å²) in [4.78, 5) is 14.0. The van der Waals surface area contributed by atoms with E-state index in [1.807, 2.05) is 36.9 Å². The van der Waals surface area contributed by atoms with Crippen LogP contribution in [0, 0.1) is 20.8 Å². The number of rotatable bonds is 4. The van der Waals surface area contributed by atoms with Crippen LogP contribution >= 0.6 is 0 Å². The van der Waals surface area contributed by atoms with Crippen molar-refractivity contribution in [2.24, 2.45) is 0 Å². The summed E-state index contributed by atoms with van der Waals surface area (Å²) in [6, 6.07) is 54.0. The van der Waals surface area contributed by atoms with E-state index in [4.69, 9.17) is 0 Å². The predicted molar refractivity (Wildman–Crippen MR) is 236 cm³/mol. The lowest BCUT2D eigenvalue weighted by Crippen LogP contribution is -2.59. The summed E-state index contributed by atoms with van der Waals surface area (Å²) in [5.74, 6) is 0. The van der Waals surface area contributed by atoms with Crippen LogP contribution in [0.2, 0.25) is 0 Å². The molecule has 0 atom stereocenters. The zero-order valence-electron chi connectivity index (χ0n) is 31.5. The molecule has 4 heterocycles. The Morgan fingerprint density at radius 3 is 1.70 bits per heavy atom. The Morgan fingerprint density at radius 1 is 0.446 bits per heavy atom. The fraction of sp³-hybridized carbons (Fsp3) is 0.0588. The first-order valence-corrected chi connectivity index (χ1v) is 19.3. The Labute approximate surface area is 327 Å². The van der Waals surface area contributed by atoms with Crippen molar-refractivity contribution in [2.45, 2.75) is 20.8 Å². The number of anilines is 6. The van der Waals surface area contributed by atoms with Gasteiger partial charge in [0.05, 0.1) is 22.7 Å². The average molecular weight is 717 g/mol. The molecular weight excluding hydrogens is 679 g/mol. The van der Waals surface area contributed by atoms with Crippen LogP contribution in [-0.4, -0.2) is 16.7 Å². The molecule has 0 bridgehead atoms. The minimum atomic E-state index is -0.0184. The summed E-state index contributed by atoms with van der Waals surface area (Å²) in [5, 5.41) is 4.92. The van der Waals surface area contributed by atoms with Crippen LogP contribution in [0.15, 0.2) is 170 Å². The van der Waals surface area contributed by atoms with Crippen molar-refractivity contribution in [3.63, 3.8) is 0 Å². The molecule has 0 saturated heterocycles. The van der Waals surface area contributed by atoms with E-state index in [-0.39, 0.29) is 6.71 Å². The molecule has 5 heteroatoms. The van der Waals surface area contributed by atoms with Crippen LogP contribution in [0.4, 0.5) is 34.1 Å². The highest BCUT2D eigenvalue weighted by Crippen LogP contribution is 2.56. The van der Waals surface area contributed by atoms with Crippen molar-refractivity contribution in [1.82, 2.24) is 9.97 Å². The molecule has 2 aromatic heterocycles. The number of hydrogen-bond donors (Lipinski definition) is 0. The van der Waals surface area contributed by atoms with Crippen molar-refractivity contribution < 1.29 is 0 Å². The first kappa shape index (κ1) is 32.5. The average Bonchev–Trinajstić information content (AvgIpc) is 3.23. The summed E-state index contributed by atoms with van der Waals surface area (Å²) in [5.41, 5.74) is 19.5. The molecular formula is C51H37BN4.